The van der Waals surface area contributed by atoms with Gasteiger partial charge in [0, 0.05) is 44.6 Å². The molecule has 2 aliphatic heterocycles. The van der Waals surface area contributed by atoms with Crippen LogP contribution in [0.5, 0.6) is 0 Å². The number of likely N-dealkylation sites (tertiary alicyclic amines) is 2. The lowest BCUT2D eigenvalue weighted by Crippen LogP contribution is -2.51. The minimum atomic E-state index is -0.188. The van der Waals surface area contributed by atoms with Crippen LogP contribution in [0.1, 0.15) is 44.6 Å². The molecule has 2 aliphatic rings. The molecule has 1 atom stereocenters. The number of aromatic nitrogens is 1. The van der Waals surface area contributed by atoms with Gasteiger partial charge in [-0.3, -0.25) is 14.7 Å². The maximum Gasteiger partial charge on any atom is 0.409 e. The molecule has 1 aromatic heterocycles. The van der Waals surface area contributed by atoms with Crippen LogP contribution < -0.4 is 5.32 Å². The van der Waals surface area contributed by atoms with E-state index in [4.69, 9.17) is 4.74 Å². The summed E-state index contributed by atoms with van der Waals surface area (Å²) in [5, 5.41) is 3.06. The van der Waals surface area contributed by atoms with Crippen molar-refractivity contribution in [2.45, 2.75) is 51.6 Å². The van der Waals surface area contributed by atoms with Crippen LogP contribution in [0.4, 0.5) is 4.79 Å². The van der Waals surface area contributed by atoms with Gasteiger partial charge in [0.2, 0.25) is 5.91 Å². The van der Waals surface area contributed by atoms with Crippen molar-refractivity contribution < 1.29 is 14.3 Å². The van der Waals surface area contributed by atoms with Gasteiger partial charge in [0.15, 0.2) is 0 Å². The maximum atomic E-state index is 12.6. The first-order valence-corrected chi connectivity index (χ1v) is 10.5. The molecule has 7 heteroatoms. The normalized spacial score (nSPS) is 21.3. The predicted octanol–water partition coefficient (Wildman–Crippen LogP) is 2.42. The number of ether oxygens (including phenoxy) is 1. The summed E-state index contributed by atoms with van der Waals surface area (Å²) < 4.78 is 5.24. The summed E-state index contributed by atoms with van der Waals surface area (Å²) in [5.41, 5.74) is 1.02. The number of hydrogen-bond acceptors (Lipinski definition) is 5. The fourth-order valence-electron chi connectivity index (χ4n) is 4.08. The number of piperidine rings is 2. The van der Waals surface area contributed by atoms with Crippen molar-refractivity contribution >= 4 is 12.0 Å². The molecule has 2 amide bonds. The highest BCUT2D eigenvalue weighted by Crippen LogP contribution is 2.24. The van der Waals surface area contributed by atoms with Crippen LogP contribution >= 0.6 is 0 Å². The molecule has 0 aliphatic carbocycles. The molecule has 3 heterocycles. The molecule has 2 saturated heterocycles. The van der Waals surface area contributed by atoms with Crippen molar-refractivity contribution in [2.75, 3.05) is 32.8 Å². The number of carbonyl (C=O) groups excluding carboxylic acids is 2. The fraction of sp³-hybridized carbons (Fsp3) is 0.667. The quantitative estimate of drug-likeness (QED) is 0.810. The number of pyridine rings is 1. The van der Waals surface area contributed by atoms with Crippen molar-refractivity contribution in [1.29, 1.82) is 0 Å². The van der Waals surface area contributed by atoms with Gasteiger partial charge in [0.25, 0.3) is 0 Å². The van der Waals surface area contributed by atoms with E-state index in [0.717, 1.165) is 63.8 Å². The first-order valence-electron chi connectivity index (χ1n) is 10.5. The lowest BCUT2D eigenvalue weighted by molar-refractivity contribution is -0.127. The molecule has 1 aromatic rings. The monoisotopic (exact) mass is 388 g/mol. The lowest BCUT2D eigenvalue weighted by Gasteiger charge is -2.41. The van der Waals surface area contributed by atoms with E-state index in [9.17, 15) is 9.59 Å². The number of hydrogen-bond donors (Lipinski definition) is 1. The van der Waals surface area contributed by atoms with Gasteiger partial charge < -0.3 is 15.0 Å². The van der Waals surface area contributed by atoms with E-state index in [2.05, 4.69) is 15.2 Å². The standard InChI is InChI=1S/C21H32N4O3/c1-2-13-28-21(27)24-11-7-19(8-12-24)25-10-4-6-18(16-25)20(26)23-15-17-5-3-9-22-14-17/h3,5,9,14,18-19H,2,4,6-8,10-13,15-16H2,1H3,(H,23,26)/t18-/m0/s1. The third-order valence-electron chi connectivity index (χ3n) is 5.68. The number of nitrogens with one attached hydrogen (secondary N) is 1. The fourth-order valence-corrected chi connectivity index (χ4v) is 4.08. The maximum absolute atomic E-state index is 12.6. The van der Waals surface area contributed by atoms with Crippen LogP contribution in [0.3, 0.4) is 0 Å². The smallest absolute Gasteiger partial charge is 0.409 e. The average Bonchev–Trinajstić information content (AvgIpc) is 2.76. The lowest BCUT2D eigenvalue weighted by atomic mass is 9.93. The third-order valence-corrected chi connectivity index (χ3v) is 5.68. The SMILES string of the molecule is CCCOC(=O)N1CCC(N2CCC[C@H](C(=O)NCc3cccnc3)C2)CC1. The molecule has 7 nitrogen and oxygen atoms in total. The summed E-state index contributed by atoms with van der Waals surface area (Å²) in [6.07, 6.45) is 8.07. The van der Waals surface area contributed by atoms with E-state index in [1.165, 1.54) is 0 Å². The van der Waals surface area contributed by atoms with Gasteiger partial charge in [-0.25, -0.2) is 4.79 Å². The molecule has 0 aromatic carbocycles. The highest BCUT2D eigenvalue weighted by molar-refractivity contribution is 5.79. The predicted molar refractivity (Wildman–Crippen MR) is 107 cm³/mol. The summed E-state index contributed by atoms with van der Waals surface area (Å²) in [4.78, 5) is 33.0. The van der Waals surface area contributed by atoms with Gasteiger partial charge >= 0.3 is 6.09 Å². The van der Waals surface area contributed by atoms with Crippen LogP contribution in [-0.4, -0.2) is 65.6 Å². The van der Waals surface area contributed by atoms with Gasteiger partial charge in [-0.15, -0.1) is 0 Å². The zero-order valence-corrected chi connectivity index (χ0v) is 16.8. The van der Waals surface area contributed by atoms with Crippen LogP contribution in [0.25, 0.3) is 0 Å². The summed E-state index contributed by atoms with van der Waals surface area (Å²) in [7, 11) is 0. The van der Waals surface area contributed by atoms with E-state index < -0.39 is 0 Å². The van der Waals surface area contributed by atoms with Crippen LogP contribution in [-0.2, 0) is 16.1 Å². The highest BCUT2D eigenvalue weighted by Gasteiger charge is 2.32. The number of amides is 2. The van der Waals surface area contributed by atoms with Crippen LogP contribution in [0.15, 0.2) is 24.5 Å². The second-order valence-electron chi connectivity index (χ2n) is 7.75. The van der Waals surface area contributed by atoms with Gasteiger partial charge in [0.1, 0.15) is 0 Å². The molecule has 0 saturated carbocycles. The largest absolute Gasteiger partial charge is 0.449 e. The zero-order valence-electron chi connectivity index (χ0n) is 16.8. The molecular weight excluding hydrogens is 356 g/mol. The second kappa shape index (κ2) is 10.4. The van der Waals surface area contributed by atoms with Crippen LogP contribution in [0.2, 0.25) is 0 Å². The molecule has 2 fully saturated rings. The van der Waals surface area contributed by atoms with Crippen LogP contribution in [0, 0.1) is 5.92 Å². The van der Waals surface area contributed by atoms with Gasteiger partial charge in [-0.1, -0.05) is 13.0 Å². The molecule has 0 bridgehead atoms. The Balaban J connectivity index is 1.43. The Hall–Kier alpha value is -2.15. The second-order valence-corrected chi connectivity index (χ2v) is 7.75. The first-order chi connectivity index (χ1) is 13.7. The van der Waals surface area contributed by atoms with Crippen molar-refractivity contribution in [2.24, 2.45) is 5.92 Å². The topological polar surface area (TPSA) is 74.8 Å². The minimum Gasteiger partial charge on any atom is -0.449 e. The summed E-state index contributed by atoms with van der Waals surface area (Å²) in [5.74, 6) is 0.173. The number of rotatable bonds is 6. The third kappa shape index (κ3) is 5.67. The van der Waals surface area contributed by atoms with Crippen molar-refractivity contribution in [3.8, 4) is 0 Å². The zero-order chi connectivity index (χ0) is 19.8. The van der Waals surface area contributed by atoms with E-state index >= 15 is 0 Å². The summed E-state index contributed by atoms with van der Waals surface area (Å²) >= 11 is 0. The summed E-state index contributed by atoms with van der Waals surface area (Å²) in [6.45, 7) is 6.34. The Morgan fingerprint density at radius 1 is 1.25 bits per heavy atom. The number of nitrogens with zero attached hydrogens (tertiary/aromatic N) is 3. The van der Waals surface area contributed by atoms with E-state index in [1.807, 2.05) is 24.0 Å². The highest BCUT2D eigenvalue weighted by atomic mass is 16.6. The van der Waals surface area contributed by atoms with E-state index in [1.54, 1.807) is 12.4 Å². The molecule has 28 heavy (non-hydrogen) atoms. The molecule has 0 unspecified atom stereocenters. The Kier molecular flexibility index (Phi) is 7.65. The molecular formula is C21H32N4O3. The van der Waals surface area contributed by atoms with Crippen molar-refractivity contribution in [3.63, 3.8) is 0 Å². The Bertz CT molecular complexity index is 632. The van der Waals surface area contributed by atoms with E-state index in [0.29, 0.717) is 19.2 Å². The average molecular weight is 389 g/mol. The molecule has 0 radical (unpaired) electrons. The molecule has 3 rings (SSSR count). The first kappa shape index (κ1) is 20.6. The Morgan fingerprint density at radius 2 is 2.07 bits per heavy atom. The van der Waals surface area contributed by atoms with Gasteiger partial charge in [-0.05, 0) is 50.3 Å². The number of carbonyl (C=O) groups is 2. The molecule has 154 valence electrons. The van der Waals surface area contributed by atoms with Gasteiger partial charge in [0.05, 0.1) is 12.5 Å². The molecule has 1 N–H and O–H groups in total. The molecule has 0 spiro atoms. The minimum absolute atomic E-state index is 0.0398. The van der Waals surface area contributed by atoms with Crippen molar-refractivity contribution in [1.82, 2.24) is 20.1 Å². The van der Waals surface area contributed by atoms with Crippen molar-refractivity contribution in [3.05, 3.63) is 30.1 Å². The van der Waals surface area contributed by atoms with E-state index in [-0.39, 0.29) is 17.9 Å². The Labute approximate surface area is 167 Å². The Morgan fingerprint density at radius 3 is 2.79 bits per heavy atom. The van der Waals surface area contributed by atoms with Gasteiger partial charge in [-0.2, -0.15) is 0 Å². The summed E-state index contributed by atoms with van der Waals surface area (Å²) in [6, 6.07) is 4.30.